The molecule has 4 rings (SSSR count). The zero-order chi connectivity index (χ0) is 22.1. The Morgan fingerprint density at radius 2 is 1.43 bits per heavy atom. The second kappa shape index (κ2) is 6.49. The first-order chi connectivity index (χ1) is 14.1. The molecule has 0 bridgehead atoms. The van der Waals surface area contributed by atoms with Crippen LogP contribution in [-0.2, 0) is 28.2 Å². The number of aromatic nitrogens is 4. The summed E-state index contributed by atoms with van der Waals surface area (Å²) in [6.45, 7) is 0. The lowest BCUT2D eigenvalue weighted by Crippen LogP contribution is -2.44. The topological polar surface area (TPSA) is 120 Å². The third-order valence-corrected chi connectivity index (χ3v) is 5.59. The lowest BCUT2D eigenvalue weighted by molar-refractivity contribution is -0.281. The van der Waals surface area contributed by atoms with Crippen LogP contribution in [-0.4, -0.2) is 18.3 Å². The second-order valence-electron chi connectivity index (χ2n) is 7.07. The van der Waals surface area contributed by atoms with Gasteiger partial charge in [0, 0.05) is 44.3 Å². The van der Waals surface area contributed by atoms with Gasteiger partial charge in [0.2, 0.25) is 5.88 Å². The van der Waals surface area contributed by atoms with Gasteiger partial charge in [-0.3, -0.25) is 23.3 Å². The minimum Gasteiger partial charge on any atom is -0.860 e. The lowest BCUT2D eigenvalue weighted by Gasteiger charge is -2.31. The summed E-state index contributed by atoms with van der Waals surface area (Å²) in [6.07, 6.45) is 0. The van der Waals surface area contributed by atoms with Crippen LogP contribution < -0.4 is 32.3 Å². The van der Waals surface area contributed by atoms with E-state index in [0.717, 1.165) is 18.3 Å². The van der Waals surface area contributed by atoms with E-state index in [-0.39, 0.29) is 22.8 Å². The van der Waals surface area contributed by atoms with E-state index in [9.17, 15) is 24.3 Å². The average molecular weight is 432 g/mol. The minimum absolute atomic E-state index is 0.0674. The van der Waals surface area contributed by atoms with Crippen molar-refractivity contribution in [1.29, 1.82) is 0 Å². The van der Waals surface area contributed by atoms with Gasteiger partial charge >= 0.3 is 11.4 Å². The van der Waals surface area contributed by atoms with Crippen LogP contribution in [0, 0.1) is 0 Å². The van der Waals surface area contributed by atoms with Gasteiger partial charge in [-0.05, 0) is 24.1 Å². The number of nitrogens with zero attached hydrogens (tertiary/aromatic N) is 4. The number of rotatable bonds is 1. The monoisotopic (exact) mass is 431 g/mol. The van der Waals surface area contributed by atoms with Crippen LogP contribution in [0.1, 0.15) is 22.6 Å². The summed E-state index contributed by atoms with van der Waals surface area (Å²) in [5.41, 5.74) is -3.07. The molecule has 1 atom stereocenters. The van der Waals surface area contributed by atoms with Gasteiger partial charge in [-0.2, -0.15) is 0 Å². The Bertz CT molecular complexity index is 1450. The molecule has 0 radical (unpaired) electrons. The summed E-state index contributed by atoms with van der Waals surface area (Å²) in [5.74, 6) is -1.89. The van der Waals surface area contributed by atoms with Crippen LogP contribution in [0.4, 0.5) is 0 Å². The van der Waals surface area contributed by atoms with Crippen molar-refractivity contribution in [2.45, 2.75) is 5.92 Å². The third-order valence-electron chi connectivity index (χ3n) is 5.35. The van der Waals surface area contributed by atoms with Crippen molar-refractivity contribution < 1.29 is 9.84 Å². The number of fused-ring (bicyclic) bond motifs is 2. The molecule has 3 aromatic rings. The summed E-state index contributed by atoms with van der Waals surface area (Å²) in [6, 6.07) is 4.55. The van der Waals surface area contributed by atoms with Gasteiger partial charge in [0.15, 0.2) is 0 Å². The summed E-state index contributed by atoms with van der Waals surface area (Å²) in [7, 11) is 5.18. The normalized spacial score (nSPS) is 14.8. The highest BCUT2D eigenvalue weighted by molar-refractivity contribution is 6.30. The van der Waals surface area contributed by atoms with Crippen molar-refractivity contribution in [1.82, 2.24) is 18.3 Å². The van der Waals surface area contributed by atoms with E-state index in [1.165, 1.54) is 40.3 Å². The molecule has 0 N–H and O–H groups in total. The maximum Gasteiger partial charge on any atom is 0.333 e. The molecule has 1 aliphatic rings. The van der Waals surface area contributed by atoms with Gasteiger partial charge in [0.25, 0.3) is 11.1 Å². The Balaban J connectivity index is 2.25. The van der Waals surface area contributed by atoms with Crippen LogP contribution in [0.25, 0.3) is 0 Å². The number of ether oxygens (including phenoxy) is 1. The molecule has 3 heterocycles. The summed E-state index contributed by atoms with van der Waals surface area (Å²) in [4.78, 5) is 50.7. The fourth-order valence-corrected chi connectivity index (χ4v) is 3.90. The Hall–Kier alpha value is -3.53. The molecule has 0 saturated heterocycles. The van der Waals surface area contributed by atoms with Crippen molar-refractivity contribution in [3.8, 4) is 17.5 Å². The number of halogens is 1. The molecule has 0 amide bonds. The predicted octanol–water partition coefficient (Wildman–Crippen LogP) is -0.506. The maximum absolute atomic E-state index is 13.1. The standard InChI is InChI=1S/C19H17ClN4O6/c1-21-14(25)12(15(26)22(2)18(21)28)11-9-7-8(20)5-6-10(9)30-17-13(11)16(27)23(3)19(29)24(17)4/h5-7,11,25H,1-4H3/p-1. The molecule has 11 heteroatoms. The van der Waals surface area contributed by atoms with E-state index in [1.54, 1.807) is 6.07 Å². The van der Waals surface area contributed by atoms with Crippen LogP contribution in [0.15, 0.2) is 37.4 Å². The zero-order valence-electron chi connectivity index (χ0n) is 16.4. The molecular formula is C19H16ClN4O6-. The molecule has 1 aliphatic heterocycles. The van der Waals surface area contributed by atoms with Crippen LogP contribution in [0.2, 0.25) is 5.02 Å². The first-order valence-corrected chi connectivity index (χ1v) is 9.18. The molecule has 1 aromatic carbocycles. The Kier molecular flexibility index (Phi) is 4.28. The van der Waals surface area contributed by atoms with Crippen molar-refractivity contribution in [3.63, 3.8) is 0 Å². The maximum atomic E-state index is 13.1. The molecule has 0 spiro atoms. The molecule has 156 valence electrons. The van der Waals surface area contributed by atoms with Gasteiger partial charge < -0.3 is 14.4 Å². The highest BCUT2D eigenvalue weighted by atomic mass is 35.5. The van der Waals surface area contributed by atoms with E-state index in [2.05, 4.69) is 0 Å². The molecule has 0 fully saturated rings. The number of hydrogen-bond acceptors (Lipinski definition) is 6. The number of hydrogen-bond donors (Lipinski definition) is 0. The van der Waals surface area contributed by atoms with E-state index < -0.39 is 34.3 Å². The molecule has 0 saturated carbocycles. The Labute approximate surface area is 173 Å². The molecule has 1 unspecified atom stereocenters. The van der Waals surface area contributed by atoms with Crippen molar-refractivity contribution in [3.05, 3.63) is 81.6 Å². The predicted molar refractivity (Wildman–Crippen MR) is 106 cm³/mol. The SMILES string of the molecule is Cn1c([O-])c(C2c3cc(Cl)ccc3Oc3c2c(=O)n(C)c(=O)n3C)c(=O)n(C)c1=O. The molecule has 10 nitrogen and oxygen atoms in total. The fraction of sp³-hybridized carbons (Fsp3) is 0.263. The van der Waals surface area contributed by atoms with Crippen LogP contribution >= 0.6 is 11.6 Å². The van der Waals surface area contributed by atoms with Gasteiger partial charge in [-0.25, -0.2) is 9.59 Å². The van der Waals surface area contributed by atoms with Crippen LogP contribution in [0.3, 0.4) is 0 Å². The Morgan fingerprint density at radius 3 is 2.07 bits per heavy atom. The van der Waals surface area contributed by atoms with Gasteiger partial charge in [0.1, 0.15) is 5.75 Å². The summed E-state index contributed by atoms with van der Waals surface area (Å²) in [5, 5.41) is 13.3. The van der Waals surface area contributed by atoms with Crippen molar-refractivity contribution in [2.24, 2.45) is 28.2 Å². The highest BCUT2D eigenvalue weighted by Gasteiger charge is 2.37. The van der Waals surface area contributed by atoms with Gasteiger partial charge in [0.05, 0.1) is 11.5 Å². The summed E-state index contributed by atoms with van der Waals surface area (Å²) < 4.78 is 9.38. The first-order valence-electron chi connectivity index (χ1n) is 8.80. The van der Waals surface area contributed by atoms with E-state index in [1.807, 2.05) is 0 Å². The molecule has 30 heavy (non-hydrogen) atoms. The largest absolute Gasteiger partial charge is 0.860 e. The van der Waals surface area contributed by atoms with E-state index in [0.29, 0.717) is 10.6 Å². The Morgan fingerprint density at radius 1 is 0.867 bits per heavy atom. The van der Waals surface area contributed by atoms with Crippen molar-refractivity contribution >= 4 is 11.6 Å². The fourth-order valence-electron chi connectivity index (χ4n) is 3.72. The van der Waals surface area contributed by atoms with Crippen molar-refractivity contribution in [2.75, 3.05) is 0 Å². The molecular weight excluding hydrogens is 416 g/mol. The summed E-state index contributed by atoms with van der Waals surface area (Å²) >= 11 is 6.14. The third kappa shape index (κ3) is 2.50. The van der Waals surface area contributed by atoms with E-state index >= 15 is 0 Å². The van der Waals surface area contributed by atoms with E-state index in [4.69, 9.17) is 16.3 Å². The lowest BCUT2D eigenvalue weighted by atomic mass is 9.84. The quantitative estimate of drug-likeness (QED) is 0.400. The smallest absolute Gasteiger partial charge is 0.333 e. The first kappa shape index (κ1) is 19.8. The molecule has 0 aliphatic carbocycles. The van der Waals surface area contributed by atoms with Crippen LogP contribution in [0.5, 0.6) is 17.5 Å². The molecule has 2 aromatic heterocycles. The minimum atomic E-state index is -1.19. The zero-order valence-corrected chi connectivity index (χ0v) is 17.2. The second-order valence-corrected chi connectivity index (χ2v) is 7.50. The number of benzene rings is 1. The average Bonchev–Trinajstić information content (AvgIpc) is 2.73. The van der Waals surface area contributed by atoms with Gasteiger partial charge in [-0.15, -0.1) is 0 Å². The van der Waals surface area contributed by atoms with Gasteiger partial charge in [-0.1, -0.05) is 11.6 Å². The highest BCUT2D eigenvalue weighted by Crippen LogP contribution is 2.46.